The first-order valence-electron chi connectivity index (χ1n) is 3.51. The molecule has 0 fully saturated rings. The Bertz CT molecular complexity index is 314. The van der Waals surface area contributed by atoms with Gasteiger partial charge in [-0.3, -0.25) is 4.79 Å². The molecule has 0 aromatic carbocycles. The van der Waals surface area contributed by atoms with E-state index in [0.717, 1.165) is 15.5 Å². The number of hydrogen-bond donors (Lipinski definition) is 0. The maximum absolute atomic E-state index is 12.6. The maximum atomic E-state index is 12.6. The van der Waals surface area contributed by atoms with Gasteiger partial charge in [-0.25, -0.2) is 0 Å². The second-order valence-electron chi connectivity index (χ2n) is 2.54. The normalized spacial score (nSPS) is 11.7. The predicted octanol–water partition coefficient (Wildman–Crippen LogP) is 3.31. The highest BCUT2D eigenvalue weighted by Gasteiger charge is 2.34. The molecule has 0 aliphatic heterocycles. The van der Waals surface area contributed by atoms with Crippen LogP contribution in [0, 0.1) is 0 Å². The zero-order chi connectivity index (χ0) is 10.1. The van der Waals surface area contributed by atoms with E-state index in [9.17, 15) is 13.6 Å². The second kappa shape index (κ2) is 3.75. The molecule has 0 aliphatic rings. The number of thiophene rings is 1. The molecule has 0 saturated carbocycles. The van der Waals surface area contributed by atoms with Crippen molar-refractivity contribution in [2.75, 3.05) is 6.26 Å². The van der Waals surface area contributed by atoms with Crippen LogP contribution in [0.4, 0.5) is 8.78 Å². The molecule has 5 heteroatoms. The van der Waals surface area contributed by atoms with Crippen LogP contribution in [-0.2, 0) is 0 Å². The third-order valence-corrected chi connectivity index (χ3v) is 3.57. The van der Waals surface area contributed by atoms with Gasteiger partial charge in [-0.05, 0) is 18.4 Å². The molecule has 0 spiro atoms. The van der Waals surface area contributed by atoms with Crippen molar-refractivity contribution >= 4 is 28.9 Å². The van der Waals surface area contributed by atoms with Crippen molar-refractivity contribution in [1.82, 2.24) is 0 Å². The summed E-state index contributed by atoms with van der Waals surface area (Å²) in [4.78, 5) is 11.2. The molecule has 1 heterocycles. The Kier molecular flexibility index (Phi) is 3.08. The van der Waals surface area contributed by atoms with Crippen molar-refractivity contribution in [3.8, 4) is 0 Å². The fourth-order valence-electron chi connectivity index (χ4n) is 0.768. The van der Waals surface area contributed by atoms with E-state index < -0.39 is 11.7 Å². The monoisotopic (exact) mass is 222 g/mol. The van der Waals surface area contributed by atoms with E-state index in [2.05, 4.69) is 0 Å². The van der Waals surface area contributed by atoms with Gasteiger partial charge in [-0.2, -0.15) is 8.78 Å². The Morgan fingerprint density at radius 1 is 1.54 bits per heavy atom. The summed E-state index contributed by atoms with van der Waals surface area (Å²) >= 11 is 2.54. The van der Waals surface area contributed by atoms with Crippen LogP contribution < -0.4 is 0 Å². The van der Waals surface area contributed by atoms with E-state index in [1.165, 1.54) is 17.8 Å². The van der Waals surface area contributed by atoms with Gasteiger partial charge >= 0.3 is 5.92 Å². The van der Waals surface area contributed by atoms with Gasteiger partial charge in [0.15, 0.2) is 0 Å². The number of alkyl halides is 2. The number of halogens is 2. The van der Waals surface area contributed by atoms with Crippen LogP contribution in [0.1, 0.15) is 16.6 Å². The average molecular weight is 222 g/mol. The molecule has 1 rings (SSSR count). The van der Waals surface area contributed by atoms with Gasteiger partial charge in [-0.1, -0.05) is 0 Å². The first-order valence-corrected chi connectivity index (χ1v) is 5.55. The van der Waals surface area contributed by atoms with Gasteiger partial charge < -0.3 is 0 Å². The molecule has 1 aromatic heterocycles. The molecule has 0 aliphatic carbocycles. The molecule has 72 valence electrons. The number of carbonyl (C=O) groups is 1. The molecule has 0 bridgehead atoms. The molecule has 1 nitrogen and oxygen atoms in total. The number of thioether (sulfide) groups is 1. The van der Waals surface area contributed by atoms with Gasteiger partial charge in [0.2, 0.25) is 5.78 Å². The molecular weight excluding hydrogens is 214 g/mol. The van der Waals surface area contributed by atoms with Crippen molar-refractivity contribution in [2.24, 2.45) is 0 Å². The Hall–Kier alpha value is -0.420. The SMILES string of the molecule is CSc1ccc(C(=O)C(C)(F)F)s1. The summed E-state index contributed by atoms with van der Waals surface area (Å²) in [5.41, 5.74) is 0. The van der Waals surface area contributed by atoms with Crippen molar-refractivity contribution in [3.63, 3.8) is 0 Å². The molecule has 0 unspecified atom stereocenters. The topological polar surface area (TPSA) is 17.1 Å². The summed E-state index contributed by atoms with van der Waals surface area (Å²) < 4.78 is 26.0. The number of hydrogen-bond acceptors (Lipinski definition) is 3. The minimum Gasteiger partial charge on any atom is -0.286 e. The van der Waals surface area contributed by atoms with Crippen LogP contribution in [0.25, 0.3) is 0 Å². The van der Waals surface area contributed by atoms with Gasteiger partial charge in [0.05, 0.1) is 9.09 Å². The minimum atomic E-state index is -3.26. The number of carbonyl (C=O) groups excluding carboxylic acids is 1. The highest BCUT2D eigenvalue weighted by atomic mass is 32.2. The lowest BCUT2D eigenvalue weighted by atomic mass is 10.2. The molecule has 0 N–H and O–H groups in total. The van der Waals surface area contributed by atoms with Gasteiger partial charge in [0.1, 0.15) is 0 Å². The van der Waals surface area contributed by atoms with Gasteiger partial charge in [-0.15, -0.1) is 23.1 Å². The fourth-order valence-corrected chi connectivity index (χ4v) is 2.34. The zero-order valence-corrected chi connectivity index (χ0v) is 8.77. The maximum Gasteiger partial charge on any atom is 0.307 e. The molecule has 0 radical (unpaired) electrons. The van der Waals surface area contributed by atoms with E-state index in [-0.39, 0.29) is 4.88 Å². The van der Waals surface area contributed by atoms with Gasteiger partial charge in [0.25, 0.3) is 0 Å². The number of Topliss-reactive ketones (excluding diaryl/α,β-unsaturated/α-hetero) is 1. The van der Waals surface area contributed by atoms with Crippen molar-refractivity contribution < 1.29 is 13.6 Å². The Balaban J connectivity index is 2.90. The van der Waals surface area contributed by atoms with Crippen molar-refractivity contribution in [3.05, 3.63) is 17.0 Å². The van der Waals surface area contributed by atoms with Crippen molar-refractivity contribution in [1.29, 1.82) is 0 Å². The average Bonchev–Trinajstić information content (AvgIpc) is 2.48. The van der Waals surface area contributed by atoms with Crippen molar-refractivity contribution in [2.45, 2.75) is 17.1 Å². The number of rotatable bonds is 3. The highest BCUT2D eigenvalue weighted by molar-refractivity contribution is 8.00. The van der Waals surface area contributed by atoms with E-state index >= 15 is 0 Å². The Morgan fingerprint density at radius 3 is 2.54 bits per heavy atom. The summed E-state index contributed by atoms with van der Waals surface area (Å²) in [5.74, 6) is -4.36. The molecule has 13 heavy (non-hydrogen) atoms. The molecule has 1 aromatic rings. The van der Waals surface area contributed by atoms with E-state index in [1.807, 2.05) is 6.26 Å². The van der Waals surface area contributed by atoms with E-state index in [4.69, 9.17) is 0 Å². The van der Waals surface area contributed by atoms with Crippen LogP contribution in [0.3, 0.4) is 0 Å². The molecule has 0 atom stereocenters. The molecular formula is C8H8F2OS2. The predicted molar refractivity (Wildman–Crippen MR) is 51.1 cm³/mol. The van der Waals surface area contributed by atoms with Crippen LogP contribution in [0.5, 0.6) is 0 Å². The number of ketones is 1. The third kappa shape index (κ3) is 2.51. The summed E-state index contributed by atoms with van der Waals surface area (Å²) in [5, 5.41) is 0. The van der Waals surface area contributed by atoms with Crippen LogP contribution in [-0.4, -0.2) is 18.0 Å². The van der Waals surface area contributed by atoms with E-state index in [1.54, 1.807) is 6.07 Å². The first-order chi connectivity index (χ1) is 5.95. The summed E-state index contributed by atoms with van der Waals surface area (Å²) in [6.45, 7) is 0.619. The standard InChI is InChI=1S/C8H8F2OS2/c1-8(9,10)7(11)5-3-4-6(12-2)13-5/h3-4H,1-2H3. The highest BCUT2D eigenvalue weighted by Crippen LogP contribution is 2.29. The van der Waals surface area contributed by atoms with Gasteiger partial charge in [0, 0.05) is 6.92 Å². The largest absolute Gasteiger partial charge is 0.307 e. The smallest absolute Gasteiger partial charge is 0.286 e. The molecule has 0 amide bonds. The summed E-state index contributed by atoms with van der Waals surface area (Å²) in [6.07, 6.45) is 1.84. The Morgan fingerprint density at radius 2 is 2.15 bits per heavy atom. The lowest BCUT2D eigenvalue weighted by molar-refractivity contribution is 0.0226. The fraction of sp³-hybridized carbons (Fsp3) is 0.375. The lowest BCUT2D eigenvalue weighted by Gasteiger charge is -2.05. The lowest BCUT2D eigenvalue weighted by Crippen LogP contribution is -2.23. The first kappa shape index (κ1) is 10.7. The third-order valence-electron chi connectivity index (χ3n) is 1.41. The minimum absolute atomic E-state index is 0.122. The summed E-state index contributed by atoms with van der Waals surface area (Å²) in [7, 11) is 0. The van der Waals surface area contributed by atoms with E-state index in [0.29, 0.717) is 6.92 Å². The quantitative estimate of drug-likeness (QED) is 0.576. The summed E-state index contributed by atoms with van der Waals surface area (Å²) in [6, 6.07) is 3.12. The van der Waals surface area contributed by atoms with Crippen LogP contribution in [0.2, 0.25) is 0 Å². The van der Waals surface area contributed by atoms with Crippen LogP contribution in [0.15, 0.2) is 16.3 Å². The Labute approximate surface area is 83.1 Å². The van der Waals surface area contributed by atoms with Crippen LogP contribution >= 0.6 is 23.1 Å². The molecule has 0 saturated heterocycles. The zero-order valence-electron chi connectivity index (χ0n) is 7.14. The second-order valence-corrected chi connectivity index (χ2v) is 4.73.